The van der Waals surface area contributed by atoms with Crippen molar-refractivity contribution in [2.24, 2.45) is 11.5 Å². The summed E-state index contributed by atoms with van der Waals surface area (Å²) < 4.78 is 0. The summed E-state index contributed by atoms with van der Waals surface area (Å²) in [6.45, 7) is 3.31. The van der Waals surface area contributed by atoms with Crippen LogP contribution >= 0.6 is 0 Å². The Morgan fingerprint density at radius 1 is 1.17 bits per heavy atom. The second-order valence-corrected chi connectivity index (χ2v) is 4.16. The lowest BCUT2D eigenvalue weighted by atomic mass is 10.1. The predicted molar refractivity (Wildman–Crippen MR) is 72.7 cm³/mol. The fourth-order valence-electron chi connectivity index (χ4n) is 1.75. The predicted octanol–water partition coefficient (Wildman–Crippen LogP) is -0.348. The molecular formula is C13H22N4O. The topological polar surface area (TPSA) is 84.4 Å². The molecule has 0 aromatic heterocycles. The minimum absolute atomic E-state index is 0.477. The van der Waals surface area contributed by atoms with Gasteiger partial charge in [-0.3, -0.25) is 9.69 Å². The standard InChI is InChI=1S/C13H22N4O/c14-6-5-12-1-3-13(4-2-12)9-17(10-15)8-7-16-11-18/h1-4,11H,5-10,14-15H2,(H,16,18). The van der Waals surface area contributed by atoms with Gasteiger partial charge in [0.05, 0.1) is 0 Å². The van der Waals surface area contributed by atoms with Crippen molar-refractivity contribution in [1.29, 1.82) is 0 Å². The van der Waals surface area contributed by atoms with E-state index in [9.17, 15) is 4.79 Å². The van der Waals surface area contributed by atoms with Crippen LogP contribution in [-0.2, 0) is 17.8 Å². The molecule has 0 aliphatic carbocycles. The van der Waals surface area contributed by atoms with Crippen LogP contribution in [0.2, 0.25) is 0 Å². The average molecular weight is 250 g/mol. The lowest BCUT2D eigenvalue weighted by Crippen LogP contribution is -2.35. The quantitative estimate of drug-likeness (QED) is 0.318. The Balaban J connectivity index is 2.45. The van der Waals surface area contributed by atoms with E-state index >= 15 is 0 Å². The molecule has 0 heterocycles. The van der Waals surface area contributed by atoms with Crippen molar-refractivity contribution < 1.29 is 4.79 Å². The summed E-state index contributed by atoms with van der Waals surface area (Å²) in [5.74, 6) is 0. The Kier molecular flexibility index (Phi) is 7.01. The van der Waals surface area contributed by atoms with Crippen molar-refractivity contribution in [3.8, 4) is 0 Å². The number of amides is 1. The number of nitrogens with two attached hydrogens (primary N) is 2. The molecule has 0 saturated carbocycles. The van der Waals surface area contributed by atoms with Gasteiger partial charge in [-0.25, -0.2) is 0 Å². The fraction of sp³-hybridized carbons (Fsp3) is 0.462. The summed E-state index contributed by atoms with van der Waals surface area (Å²) in [6, 6.07) is 8.39. The molecule has 0 saturated heterocycles. The minimum Gasteiger partial charge on any atom is -0.357 e. The smallest absolute Gasteiger partial charge is 0.207 e. The second kappa shape index (κ2) is 8.63. The molecule has 1 aromatic carbocycles. The van der Waals surface area contributed by atoms with Gasteiger partial charge >= 0.3 is 0 Å². The molecule has 5 heteroatoms. The van der Waals surface area contributed by atoms with Crippen molar-refractivity contribution in [3.63, 3.8) is 0 Å². The Morgan fingerprint density at radius 2 is 1.83 bits per heavy atom. The Bertz CT molecular complexity index is 339. The molecule has 18 heavy (non-hydrogen) atoms. The monoisotopic (exact) mass is 250 g/mol. The highest BCUT2D eigenvalue weighted by molar-refractivity contribution is 5.45. The van der Waals surface area contributed by atoms with Gasteiger partial charge in [0, 0.05) is 26.3 Å². The third-order valence-corrected chi connectivity index (χ3v) is 2.78. The van der Waals surface area contributed by atoms with Crippen molar-refractivity contribution in [2.75, 3.05) is 26.3 Å². The van der Waals surface area contributed by atoms with Gasteiger partial charge < -0.3 is 16.8 Å². The third kappa shape index (κ3) is 5.27. The van der Waals surface area contributed by atoms with E-state index in [1.165, 1.54) is 11.1 Å². The van der Waals surface area contributed by atoms with E-state index in [2.05, 4.69) is 34.5 Å². The van der Waals surface area contributed by atoms with Gasteiger partial charge in [0.2, 0.25) is 6.41 Å². The van der Waals surface area contributed by atoms with Crippen molar-refractivity contribution in [3.05, 3.63) is 35.4 Å². The first kappa shape index (κ1) is 14.6. The molecule has 5 nitrogen and oxygen atoms in total. The van der Waals surface area contributed by atoms with Crippen LogP contribution in [0.1, 0.15) is 11.1 Å². The molecule has 5 N–H and O–H groups in total. The molecular weight excluding hydrogens is 228 g/mol. The Hall–Kier alpha value is -1.43. The maximum absolute atomic E-state index is 10.2. The minimum atomic E-state index is 0.477. The van der Waals surface area contributed by atoms with Crippen LogP contribution in [0.3, 0.4) is 0 Å². The van der Waals surface area contributed by atoms with Crippen LogP contribution in [0.5, 0.6) is 0 Å². The van der Waals surface area contributed by atoms with Crippen molar-refractivity contribution in [1.82, 2.24) is 10.2 Å². The number of hydrogen-bond donors (Lipinski definition) is 3. The van der Waals surface area contributed by atoms with Crippen molar-refractivity contribution >= 4 is 6.41 Å². The second-order valence-electron chi connectivity index (χ2n) is 4.16. The van der Waals surface area contributed by atoms with E-state index in [1.54, 1.807) is 0 Å². The van der Waals surface area contributed by atoms with Gasteiger partial charge in [-0.1, -0.05) is 24.3 Å². The molecule has 100 valence electrons. The first-order valence-corrected chi connectivity index (χ1v) is 6.17. The third-order valence-electron chi connectivity index (χ3n) is 2.78. The zero-order valence-electron chi connectivity index (χ0n) is 10.6. The van der Waals surface area contributed by atoms with Gasteiger partial charge in [-0.2, -0.15) is 0 Å². The van der Waals surface area contributed by atoms with E-state index in [0.29, 0.717) is 26.2 Å². The number of benzene rings is 1. The largest absolute Gasteiger partial charge is 0.357 e. The van der Waals surface area contributed by atoms with E-state index in [0.717, 1.165) is 19.5 Å². The highest BCUT2D eigenvalue weighted by Crippen LogP contribution is 2.07. The van der Waals surface area contributed by atoms with Crippen LogP contribution in [0.25, 0.3) is 0 Å². The summed E-state index contributed by atoms with van der Waals surface area (Å²) >= 11 is 0. The molecule has 0 bridgehead atoms. The fourth-order valence-corrected chi connectivity index (χ4v) is 1.75. The maximum Gasteiger partial charge on any atom is 0.207 e. The molecule has 0 aliphatic heterocycles. The maximum atomic E-state index is 10.2. The summed E-state index contributed by atoms with van der Waals surface area (Å²) in [4.78, 5) is 12.2. The molecule has 1 amide bonds. The highest BCUT2D eigenvalue weighted by Gasteiger charge is 2.03. The SMILES string of the molecule is NCCc1ccc(CN(CN)CCNC=O)cc1. The highest BCUT2D eigenvalue weighted by atomic mass is 16.1. The van der Waals surface area contributed by atoms with Gasteiger partial charge in [-0.05, 0) is 24.1 Å². The van der Waals surface area contributed by atoms with Crippen LogP contribution in [0, 0.1) is 0 Å². The summed E-state index contributed by atoms with van der Waals surface area (Å²) in [5, 5.41) is 2.63. The van der Waals surface area contributed by atoms with Crippen LogP contribution in [0.4, 0.5) is 0 Å². The van der Waals surface area contributed by atoms with Gasteiger partial charge in [-0.15, -0.1) is 0 Å². The van der Waals surface area contributed by atoms with Crippen LogP contribution < -0.4 is 16.8 Å². The van der Waals surface area contributed by atoms with Crippen LogP contribution in [0.15, 0.2) is 24.3 Å². The first-order valence-electron chi connectivity index (χ1n) is 6.17. The first-order chi connectivity index (χ1) is 8.80. The number of nitrogens with zero attached hydrogens (tertiary/aromatic N) is 1. The number of hydrogen-bond acceptors (Lipinski definition) is 4. The lowest BCUT2D eigenvalue weighted by molar-refractivity contribution is -0.109. The Morgan fingerprint density at radius 3 is 2.39 bits per heavy atom. The van der Waals surface area contributed by atoms with E-state index < -0.39 is 0 Å². The zero-order chi connectivity index (χ0) is 13.2. The van der Waals surface area contributed by atoms with Gasteiger partial charge in [0.25, 0.3) is 0 Å². The molecule has 1 rings (SSSR count). The molecule has 0 radical (unpaired) electrons. The summed E-state index contributed by atoms with van der Waals surface area (Å²) in [7, 11) is 0. The average Bonchev–Trinajstić information content (AvgIpc) is 2.40. The van der Waals surface area contributed by atoms with E-state index in [-0.39, 0.29) is 0 Å². The lowest BCUT2D eigenvalue weighted by Gasteiger charge is -2.20. The van der Waals surface area contributed by atoms with E-state index in [1.807, 2.05) is 0 Å². The summed E-state index contributed by atoms with van der Waals surface area (Å²) in [5.41, 5.74) is 13.7. The molecule has 0 spiro atoms. The molecule has 1 aromatic rings. The zero-order valence-corrected chi connectivity index (χ0v) is 10.6. The van der Waals surface area contributed by atoms with Gasteiger partial charge in [0.1, 0.15) is 0 Å². The number of rotatable bonds is 9. The Labute approximate surface area is 108 Å². The van der Waals surface area contributed by atoms with Gasteiger partial charge in [0.15, 0.2) is 0 Å². The molecule has 0 aliphatic rings. The van der Waals surface area contributed by atoms with Crippen LogP contribution in [-0.4, -0.2) is 37.6 Å². The molecule has 0 unspecified atom stereocenters. The number of carbonyl (C=O) groups is 1. The number of carbonyl (C=O) groups excluding carboxylic acids is 1. The number of nitrogens with one attached hydrogen (secondary N) is 1. The van der Waals surface area contributed by atoms with Crippen molar-refractivity contribution in [2.45, 2.75) is 13.0 Å². The summed E-state index contributed by atoms with van der Waals surface area (Å²) in [6.07, 6.45) is 1.61. The normalized spacial score (nSPS) is 10.6. The molecule has 0 fully saturated rings. The van der Waals surface area contributed by atoms with E-state index in [4.69, 9.17) is 11.5 Å². The molecule has 0 atom stereocenters.